The molecule has 1 heterocycles. The van der Waals surface area contributed by atoms with E-state index in [-0.39, 0.29) is 24.2 Å². The highest BCUT2D eigenvalue weighted by Gasteiger charge is 2.13. The van der Waals surface area contributed by atoms with E-state index in [1.807, 2.05) is 37.4 Å². The second-order valence-electron chi connectivity index (χ2n) is 6.03. The molecule has 7 heteroatoms. The maximum absolute atomic E-state index is 12.0. The second-order valence-corrected chi connectivity index (χ2v) is 6.98. The number of hydrogen-bond acceptors (Lipinski definition) is 4. The first-order chi connectivity index (χ1) is 10.8. The number of halogens is 1. The van der Waals surface area contributed by atoms with E-state index in [2.05, 4.69) is 10.6 Å². The van der Waals surface area contributed by atoms with Crippen LogP contribution in [0.15, 0.2) is 41.8 Å². The largest absolute Gasteiger partial charge is 0.350 e. The number of hydrogen-bond donors (Lipinski definition) is 3. The maximum atomic E-state index is 12.0. The fourth-order valence-electron chi connectivity index (χ4n) is 1.86. The van der Waals surface area contributed by atoms with Crippen LogP contribution >= 0.6 is 23.7 Å². The highest BCUT2D eigenvalue weighted by atomic mass is 35.5. The van der Waals surface area contributed by atoms with Crippen molar-refractivity contribution in [1.82, 2.24) is 10.6 Å². The summed E-state index contributed by atoms with van der Waals surface area (Å²) in [4.78, 5) is 24.5. The van der Waals surface area contributed by atoms with Crippen LogP contribution in [0.1, 0.15) is 39.4 Å². The summed E-state index contributed by atoms with van der Waals surface area (Å²) in [7, 11) is 0. The minimum atomic E-state index is -0.443. The molecule has 0 bridgehead atoms. The predicted octanol–water partition coefficient (Wildman–Crippen LogP) is 2.57. The zero-order valence-electron chi connectivity index (χ0n) is 13.7. The van der Waals surface area contributed by atoms with Crippen molar-refractivity contribution in [2.45, 2.75) is 25.9 Å². The Kier molecular flexibility index (Phi) is 7.41. The van der Waals surface area contributed by atoms with E-state index in [1.165, 1.54) is 11.3 Å². The monoisotopic (exact) mass is 367 g/mol. The zero-order valence-corrected chi connectivity index (χ0v) is 15.3. The third-order valence-corrected chi connectivity index (χ3v) is 3.99. The zero-order chi connectivity index (χ0) is 16.9. The smallest absolute Gasteiger partial charge is 0.261 e. The highest BCUT2D eigenvalue weighted by molar-refractivity contribution is 7.12. The lowest BCUT2D eigenvalue weighted by Gasteiger charge is -2.18. The van der Waals surface area contributed by atoms with Crippen LogP contribution in [0.3, 0.4) is 0 Å². The molecule has 0 aliphatic heterocycles. The molecule has 4 N–H and O–H groups in total. The normalized spacial score (nSPS) is 10.6. The molecule has 0 radical (unpaired) electrons. The summed E-state index contributed by atoms with van der Waals surface area (Å²) in [5, 5.41) is 7.51. The molecule has 0 saturated heterocycles. The summed E-state index contributed by atoms with van der Waals surface area (Å²) in [6.07, 6.45) is 0. The third kappa shape index (κ3) is 6.31. The molecule has 0 spiro atoms. The number of carbonyl (C=O) groups is 2. The summed E-state index contributed by atoms with van der Waals surface area (Å²) in [5.74, 6) is -0.246. The maximum Gasteiger partial charge on any atom is 0.261 e. The van der Waals surface area contributed by atoms with E-state index in [9.17, 15) is 9.59 Å². The summed E-state index contributed by atoms with van der Waals surface area (Å²) in [5.41, 5.74) is 6.90. The lowest BCUT2D eigenvalue weighted by Crippen LogP contribution is -2.45. The topological polar surface area (TPSA) is 84.2 Å². The van der Waals surface area contributed by atoms with Crippen LogP contribution in [0, 0.1) is 0 Å². The first-order valence-corrected chi connectivity index (χ1v) is 8.21. The number of benzene rings is 1. The van der Waals surface area contributed by atoms with Crippen molar-refractivity contribution in [1.29, 1.82) is 0 Å². The second kappa shape index (κ2) is 8.82. The van der Waals surface area contributed by atoms with E-state index in [0.29, 0.717) is 23.5 Å². The van der Waals surface area contributed by atoms with Crippen LogP contribution in [0.4, 0.5) is 0 Å². The predicted molar refractivity (Wildman–Crippen MR) is 99.8 cm³/mol. The SMILES string of the molecule is CC(C)(N)CNC(=O)c1ccc(CNC(=O)c2cccs2)cc1.Cl. The Bertz CT molecular complexity index is 664. The van der Waals surface area contributed by atoms with Gasteiger partial charge in [0.1, 0.15) is 0 Å². The number of carbonyl (C=O) groups excluding carboxylic acids is 2. The Balaban J connectivity index is 0.00000288. The van der Waals surface area contributed by atoms with Crippen molar-refractivity contribution in [3.63, 3.8) is 0 Å². The number of nitrogens with one attached hydrogen (secondary N) is 2. The van der Waals surface area contributed by atoms with Gasteiger partial charge in [0, 0.05) is 24.2 Å². The van der Waals surface area contributed by atoms with E-state index in [1.54, 1.807) is 18.2 Å². The number of rotatable bonds is 6. The molecule has 2 rings (SSSR count). The standard InChI is InChI=1S/C17H21N3O2S.ClH/c1-17(2,18)11-20-15(21)13-7-5-12(6-8-13)10-19-16(22)14-4-3-9-23-14;/h3-9H,10-11,18H2,1-2H3,(H,19,22)(H,20,21);1H. The van der Waals surface area contributed by atoms with E-state index in [0.717, 1.165) is 5.56 Å². The molecule has 0 saturated carbocycles. The summed E-state index contributed by atoms with van der Waals surface area (Å²) in [6.45, 7) is 4.54. The van der Waals surface area contributed by atoms with Gasteiger partial charge in [-0.2, -0.15) is 0 Å². The van der Waals surface area contributed by atoms with E-state index >= 15 is 0 Å². The minimum absolute atomic E-state index is 0. The fraction of sp³-hybridized carbons (Fsp3) is 0.294. The molecule has 24 heavy (non-hydrogen) atoms. The molecule has 1 aromatic heterocycles. The first-order valence-electron chi connectivity index (χ1n) is 7.33. The molecule has 1 aromatic carbocycles. The molecule has 0 aliphatic rings. The first kappa shape index (κ1) is 20.2. The summed E-state index contributed by atoms with van der Waals surface area (Å²) < 4.78 is 0. The molecule has 130 valence electrons. The lowest BCUT2D eigenvalue weighted by atomic mass is 10.1. The Hall–Kier alpha value is -1.89. The van der Waals surface area contributed by atoms with Gasteiger partial charge in [0.05, 0.1) is 4.88 Å². The fourth-order valence-corrected chi connectivity index (χ4v) is 2.50. The number of nitrogens with two attached hydrogens (primary N) is 1. The van der Waals surface area contributed by atoms with Gasteiger partial charge < -0.3 is 16.4 Å². The van der Waals surface area contributed by atoms with Gasteiger partial charge in [-0.1, -0.05) is 18.2 Å². The molecule has 2 aromatic rings. The Morgan fingerprint density at radius 2 is 1.75 bits per heavy atom. The van der Waals surface area contributed by atoms with Crippen LogP contribution in [0.5, 0.6) is 0 Å². The molecule has 0 fully saturated rings. The van der Waals surface area contributed by atoms with Gasteiger partial charge in [-0.3, -0.25) is 9.59 Å². The number of thiophene rings is 1. The van der Waals surface area contributed by atoms with Crippen molar-refractivity contribution >= 4 is 35.6 Å². The van der Waals surface area contributed by atoms with Crippen molar-refractivity contribution < 1.29 is 9.59 Å². The van der Waals surface area contributed by atoms with Crippen molar-refractivity contribution in [2.75, 3.05) is 6.54 Å². The minimum Gasteiger partial charge on any atom is -0.350 e. The highest BCUT2D eigenvalue weighted by Crippen LogP contribution is 2.09. The molecule has 0 atom stereocenters. The van der Waals surface area contributed by atoms with E-state index < -0.39 is 5.54 Å². The molecule has 0 unspecified atom stereocenters. The summed E-state index contributed by atoms with van der Waals surface area (Å²) in [6, 6.07) is 10.8. The van der Waals surface area contributed by atoms with Crippen molar-refractivity contribution in [3.05, 3.63) is 57.8 Å². The van der Waals surface area contributed by atoms with Crippen LogP contribution in [-0.2, 0) is 6.54 Å². The van der Waals surface area contributed by atoms with Crippen LogP contribution in [0.25, 0.3) is 0 Å². The Labute approximate surface area is 152 Å². The van der Waals surface area contributed by atoms with Gasteiger partial charge in [-0.25, -0.2) is 0 Å². The van der Waals surface area contributed by atoms with E-state index in [4.69, 9.17) is 5.73 Å². The van der Waals surface area contributed by atoms with Crippen molar-refractivity contribution in [3.8, 4) is 0 Å². The Morgan fingerprint density at radius 1 is 1.08 bits per heavy atom. The average molecular weight is 368 g/mol. The lowest BCUT2D eigenvalue weighted by molar-refractivity contribution is 0.0940. The van der Waals surface area contributed by atoms with Crippen LogP contribution < -0.4 is 16.4 Å². The molecular weight excluding hydrogens is 346 g/mol. The van der Waals surface area contributed by atoms with Gasteiger partial charge in [0.15, 0.2) is 0 Å². The molecule has 5 nitrogen and oxygen atoms in total. The summed E-state index contributed by atoms with van der Waals surface area (Å²) >= 11 is 1.40. The average Bonchev–Trinajstić information content (AvgIpc) is 3.04. The van der Waals surface area contributed by atoms with Gasteiger partial charge >= 0.3 is 0 Å². The van der Waals surface area contributed by atoms with Gasteiger partial charge in [-0.15, -0.1) is 23.7 Å². The molecular formula is C17H22ClN3O2S. The number of amides is 2. The molecule has 0 aliphatic carbocycles. The van der Waals surface area contributed by atoms with Crippen LogP contribution in [-0.4, -0.2) is 23.9 Å². The van der Waals surface area contributed by atoms with Gasteiger partial charge in [0.2, 0.25) is 0 Å². The van der Waals surface area contributed by atoms with Gasteiger partial charge in [-0.05, 0) is 43.0 Å². The van der Waals surface area contributed by atoms with Crippen molar-refractivity contribution in [2.24, 2.45) is 5.73 Å². The van der Waals surface area contributed by atoms with Crippen LogP contribution in [0.2, 0.25) is 0 Å². The Morgan fingerprint density at radius 3 is 2.29 bits per heavy atom. The quantitative estimate of drug-likeness (QED) is 0.733. The molecule has 2 amide bonds. The third-order valence-electron chi connectivity index (χ3n) is 3.12. The van der Waals surface area contributed by atoms with Gasteiger partial charge in [0.25, 0.3) is 11.8 Å².